The molecule has 100 valence electrons. The van der Waals surface area contributed by atoms with Crippen molar-refractivity contribution >= 4 is 23.0 Å². The molecule has 1 saturated carbocycles. The molecule has 2 N–H and O–H groups in total. The summed E-state index contributed by atoms with van der Waals surface area (Å²) < 4.78 is 7.21. The van der Waals surface area contributed by atoms with Gasteiger partial charge >= 0.3 is 5.97 Å². The number of nitrogens with zero attached hydrogens (tertiary/aromatic N) is 2. The summed E-state index contributed by atoms with van der Waals surface area (Å²) in [6.45, 7) is 2.13. The largest absolute Gasteiger partial charge is 0.454 e. The predicted octanol–water partition coefficient (Wildman–Crippen LogP) is 2.53. The zero-order chi connectivity index (χ0) is 13.4. The molecule has 2 aromatic heterocycles. The molecule has 0 unspecified atom stereocenters. The molecule has 1 fully saturated rings. The van der Waals surface area contributed by atoms with Gasteiger partial charge in [0.25, 0.3) is 0 Å². The molecule has 2 heterocycles. The maximum absolute atomic E-state index is 12.1. The van der Waals surface area contributed by atoms with Crippen LogP contribution in [0.2, 0.25) is 0 Å². The highest BCUT2D eigenvalue weighted by Gasteiger charge is 2.28. The lowest BCUT2D eigenvalue weighted by Crippen LogP contribution is -2.11. The van der Waals surface area contributed by atoms with Crippen LogP contribution in [0.3, 0.4) is 0 Å². The zero-order valence-corrected chi connectivity index (χ0v) is 11.4. The maximum atomic E-state index is 12.1. The molecular weight excluding hydrogens is 262 g/mol. The Labute approximate surface area is 115 Å². The van der Waals surface area contributed by atoms with Crippen molar-refractivity contribution < 1.29 is 9.53 Å². The quantitative estimate of drug-likeness (QED) is 0.872. The Morgan fingerprint density at radius 1 is 1.63 bits per heavy atom. The van der Waals surface area contributed by atoms with Gasteiger partial charge in [0, 0.05) is 23.3 Å². The Kier molecular flexibility index (Phi) is 3.02. The monoisotopic (exact) mass is 277 g/mol. The lowest BCUT2D eigenvalue weighted by molar-refractivity contribution is 0.0459. The molecule has 0 spiro atoms. The van der Waals surface area contributed by atoms with Crippen LogP contribution in [0.15, 0.2) is 17.6 Å². The minimum absolute atomic E-state index is 0.215. The van der Waals surface area contributed by atoms with Crippen molar-refractivity contribution in [3.05, 3.63) is 34.0 Å². The molecule has 0 atom stereocenters. The van der Waals surface area contributed by atoms with Crippen molar-refractivity contribution in [3.63, 3.8) is 0 Å². The molecule has 0 aliphatic heterocycles. The number of ether oxygens (including phenoxy) is 1. The van der Waals surface area contributed by atoms with Gasteiger partial charge in [-0.2, -0.15) is 0 Å². The van der Waals surface area contributed by atoms with Crippen LogP contribution in [0, 0.1) is 6.92 Å². The number of thiazole rings is 1. The first-order chi connectivity index (χ1) is 9.13. The van der Waals surface area contributed by atoms with Gasteiger partial charge in [-0.1, -0.05) is 0 Å². The molecule has 1 aliphatic carbocycles. The van der Waals surface area contributed by atoms with Gasteiger partial charge < -0.3 is 15.0 Å². The van der Waals surface area contributed by atoms with E-state index in [-0.39, 0.29) is 12.6 Å². The van der Waals surface area contributed by atoms with E-state index in [9.17, 15) is 4.79 Å². The number of esters is 1. The summed E-state index contributed by atoms with van der Waals surface area (Å²) in [5.74, 6) is -0.337. The van der Waals surface area contributed by atoms with E-state index in [1.54, 1.807) is 6.07 Å². The number of hydrogen-bond donors (Lipinski definition) is 1. The minimum Gasteiger partial charge on any atom is -0.454 e. The van der Waals surface area contributed by atoms with Crippen LogP contribution in [0.5, 0.6) is 0 Å². The molecule has 0 aromatic carbocycles. The third-order valence-corrected chi connectivity index (χ3v) is 3.95. The van der Waals surface area contributed by atoms with Gasteiger partial charge in [0.2, 0.25) is 0 Å². The fraction of sp³-hybridized carbons (Fsp3) is 0.385. The first-order valence-corrected chi connectivity index (χ1v) is 7.07. The second-order valence-electron chi connectivity index (χ2n) is 4.76. The van der Waals surface area contributed by atoms with Crippen molar-refractivity contribution in [1.29, 1.82) is 0 Å². The number of anilines is 1. The number of nitrogen functional groups attached to an aromatic ring is 1. The molecular formula is C13H15N3O2S. The third-order valence-electron chi connectivity index (χ3n) is 3.01. The van der Waals surface area contributed by atoms with E-state index in [2.05, 4.69) is 4.98 Å². The SMILES string of the molecule is Cc1csc(COC(=O)c2cc(N)cn2C2CC2)n1. The Hall–Kier alpha value is -1.82. The van der Waals surface area contributed by atoms with Gasteiger partial charge in [-0.3, -0.25) is 0 Å². The molecule has 2 aromatic rings. The molecule has 0 amide bonds. The molecule has 1 aliphatic rings. The fourth-order valence-corrected chi connectivity index (χ4v) is 2.67. The topological polar surface area (TPSA) is 70.1 Å². The summed E-state index contributed by atoms with van der Waals surface area (Å²) >= 11 is 1.49. The van der Waals surface area contributed by atoms with Crippen LogP contribution in [0.1, 0.15) is 40.1 Å². The average molecular weight is 277 g/mol. The van der Waals surface area contributed by atoms with E-state index in [1.165, 1.54) is 11.3 Å². The second kappa shape index (κ2) is 4.70. The number of hydrogen-bond acceptors (Lipinski definition) is 5. The van der Waals surface area contributed by atoms with Crippen LogP contribution in [-0.4, -0.2) is 15.5 Å². The maximum Gasteiger partial charge on any atom is 0.355 e. The van der Waals surface area contributed by atoms with Crippen molar-refractivity contribution in [3.8, 4) is 0 Å². The fourth-order valence-electron chi connectivity index (χ4n) is 1.99. The van der Waals surface area contributed by atoms with Gasteiger partial charge in [-0.25, -0.2) is 9.78 Å². The zero-order valence-electron chi connectivity index (χ0n) is 10.6. The molecule has 0 saturated heterocycles. The van der Waals surface area contributed by atoms with Crippen LogP contribution >= 0.6 is 11.3 Å². The van der Waals surface area contributed by atoms with Crippen LogP contribution in [0.4, 0.5) is 5.69 Å². The molecule has 0 bridgehead atoms. The first kappa shape index (κ1) is 12.2. The van der Waals surface area contributed by atoms with Crippen molar-refractivity contribution in [2.45, 2.75) is 32.4 Å². The number of nitrogens with two attached hydrogens (primary N) is 1. The van der Waals surface area contributed by atoms with Gasteiger partial charge in [-0.05, 0) is 25.8 Å². The number of aryl methyl sites for hydroxylation is 1. The lowest BCUT2D eigenvalue weighted by atomic mass is 10.4. The molecule has 3 rings (SSSR count). The third kappa shape index (κ3) is 2.63. The highest BCUT2D eigenvalue weighted by Crippen LogP contribution is 2.37. The number of carbonyl (C=O) groups excluding carboxylic acids is 1. The van der Waals surface area contributed by atoms with Crippen molar-refractivity contribution in [2.75, 3.05) is 5.73 Å². The predicted molar refractivity (Wildman–Crippen MR) is 73.1 cm³/mol. The number of rotatable bonds is 4. The Morgan fingerprint density at radius 3 is 3.05 bits per heavy atom. The summed E-state index contributed by atoms with van der Waals surface area (Å²) in [5, 5.41) is 2.75. The van der Waals surface area contributed by atoms with E-state index >= 15 is 0 Å². The lowest BCUT2D eigenvalue weighted by Gasteiger charge is -2.06. The Bertz CT molecular complexity index is 613. The smallest absolute Gasteiger partial charge is 0.355 e. The summed E-state index contributed by atoms with van der Waals surface area (Å²) in [7, 11) is 0. The van der Waals surface area contributed by atoms with Crippen LogP contribution in [0.25, 0.3) is 0 Å². The highest BCUT2D eigenvalue weighted by atomic mass is 32.1. The average Bonchev–Trinajstić information content (AvgIpc) is 3.03. The van der Waals surface area contributed by atoms with Crippen LogP contribution < -0.4 is 5.73 Å². The Morgan fingerprint density at radius 2 is 2.42 bits per heavy atom. The first-order valence-electron chi connectivity index (χ1n) is 6.19. The Balaban J connectivity index is 1.70. The summed E-state index contributed by atoms with van der Waals surface area (Å²) in [6, 6.07) is 2.08. The molecule has 0 radical (unpaired) electrons. The van der Waals surface area contributed by atoms with Gasteiger partial charge in [0.15, 0.2) is 0 Å². The normalized spacial score (nSPS) is 14.6. The number of carbonyl (C=O) groups is 1. The van der Waals surface area contributed by atoms with Gasteiger partial charge in [0.05, 0.1) is 5.69 Å². The second-order valence-corrected chi connectivity index (χ2v) is 5.70. The van der Waals surface area contributed by atoms with E-state index < -0.39 is 0 Å². The van der Waals surface area contributed by atoms with Gasteiger partial charge in [-0.15, -0.1) is 11.3 Å². The summed E-state index contributed by atoms with van der Waals surface area (Å²) in [4.78, 5) is 16.3. The van der Waals surface area contributed by atoms with Crippen molar-refractivity contribution in [2.24, 2.45) is 0 Å². The highest BCUT2D eigenvalue weighted by molar-refractivity contribution is 7.09. The van der Waals surface area contributed by atoms with E-state index in [0.29, 0.717) is 17.4 Å². The molecule has 5 nitrogen and oxygen atoms in total. The summed E-state index contributed by atoms with van der Waals surface area (Å²) in [5.41, 5.74) is 7.84. The van der Waals surface area contributed by atoms with Crippen molar-refractivity contribution in [1.82, 2.24) is 9.55 Å². The minimum atomic E-state index is -0.337. The van der Waals surface area contributed by atoms with E-state index in [4.69, 9.17) is 10.5 Å². The van der Waals surface area contributed by atoms with E-state index in [1.807, 2.05) is 23.1 Å². The van der Waals surface area contributed by atoms with Crippen LogP contribution in [-0.2, 0) is 11.3 Å². The van der Waals surface area contributed by atoms with E-state index in [0.717, 1.165) is 23.5 Å². The summed E-state index contributed by atoms with van der Waals surface area (Å²) in [6.07, 6.45) is 4.00. The van der Waals surface area contributed by atoms with Gasteiger partial charge in [0.1, 0.15) is 17.3 Å². The number of aromatic nitrogens is 2. The standard InChI is InChI=1S/C13H15N3O2S/c1-8-7-19-12(15-8)6-18-13(17)11-4-9(14)5-16(11)10-2-3-10/h4-5,7,10H,2-3,6,14H2,1H3. The molecule has 6 heteroatoms. The molecule has 19 heavy (non-hydrogen) atoms.